The Morgan fingerprint density at radius 2 is 1.82 bits per heavy atom. The van der Waals surface area contributed by atoms with Gasteiger partial charge in [0, 0.05) is 31.7 Å². The number of carbonyl (C=O) groups is 1. The highest BCUT2D eigenvalue weighted by atomic mass is 32.2. The van der Waals surface area contributed by atoms with Crippen molar-refractivity contribution >= 4 is 23.4 Å². The normalized spacial score (nSPS) is 16.8. The highest BCUT2D eigenvalue weighted by Gasteiger charge is 2.32. The fourth-order valence-electron chi connectivity index (χ4n) is 4.09. The van der Waals surface area contributed by atoms with Crippen LogP contribution in [0.4, 0.5) is 5.69 Å². The molecule has 0 aromatic heterocycles. The van der Waals surface area contributed by atoms with Crippen LogP contribution in [0.2, 0.25) is 0 Å². The summed E-state index contributed by atoms with van der Waals surface area (Å²) in [5.74, 6) is 0.728. The average Bonchev–Trinajstić information content (AvgIpc) is 2.80. The van der Waals surface area contributed by atoms with Crippen molar-refractivity contribution in [3.63, 3.8) is 0 Å². The topological polar surface area (TPSA) is 82.0 Å². The summed E-state index contributed by atoms with van der Waals surface area (Å²) in [6, 6.07) is 15.3. The van der Waals surface area contributed by atoms with Crippen LogP contribution in [-0.2, 0) is 11.2 Å². The fraction of sp³-hybridized carbons (Fsp3) is 0.500. The second-order valence-electron chi connectivity index (χ2n) is 8.92. The molecule has 1 saturated heterocycles. The summed E-state index contributed by atoms with van der Waals surface area (Å²) in [6.07, 6.45) is 4.79. The van der Waals surface area contributed by atoms with E-state index in [2.05, 4.69) is 41.4 Å². The van der Waals surface area contributed by atoms with Gasteiger partial charge in [-0.3, -0.25) is 4.90 Å². The predicted octanol–water partition coefficient (Wildman–Crippen LogP) is 4.06. The first-order valence-electron chi connectivity index (χ1n) is 11.6. The monoisotopic (exact) mass is 472 g/mol. The molecule has 180 valence electrons. The molecule has 2 aromatic carbocycles. The molecule has 0 spiro atoms. The van der Waals surface area contributed by atoms with Crippen LogP contribution in [0.1, 0.15) is 30.4 Å². The van der Waals surface area contributed by atoms with Crippen LogP contribution in [0, 0.1) is 6.92 Å². The molecule has 1 fully saturated rings. The van der Waals surface area contributed by atoms with Crippen molar-refractivity contribution in [3.05, 3.63) is 59.7 Å². The lowest BCUT2D eigenvalue weighted by molar-refractivity contribution is -0.137. The van der Waals surface area contributed by atoms with E-state index in [-0.39, 0.29) is 0 Å². The van der Waals surface area contributed by atoms with Gasteiger partial charge in [-0.25, -0.2) is 4.79 Å². The van der Waals surface area contributed by atoms with E-state index < -0.39 is 17.6 Å². The Morgan fingerprint density at radius 1 is 1.15 bits per heavy atom. The number of aliphatic carboxylic acids is 1. The zero-order valence-electron chi connectivity index (χ0n) is 19.6. The summed E-state index contributed by atoms with van der Waals surface area (Å²) < 4.78 is 5.89. The van der Waals surface area contributed by atoms with E-state index in [0.29, 0.717) is 19.4 Å². The van der Waals surface area contributed by atoms with Gasteiger partial charge in [0.25, 0.3) is 0 Å². The van der Waals surface area contributed by atoms with Crippen LogP contribution >= 0.6 is 11.8 Å². The third-order valence-corrected chi connectivity index (χ3v) is 6.86. The van der Waals surface area contributed by atoms with Crippen LogP contribution < -0.4 is 10.1 Å². The summed E-state index contributed by atoms with van der Waals surface area (Å²) in [7, 11) is 0. The molecule has 1 heterocycles. The Kier molecular flexibility index (Phi) is 9.47. The zero-order valence-corrected chi connectivity index (χ0v) is 20.4. The van der Waals surface area contributed by atoms with Crippen LogP contribution in [0.3, 0.4) is 0 Å². The third kappa shape index (κ3) is 8.25. The first kappa shape index (κ1) is 25.4. The molecule has 6 nitrogen and oxygen atoms in total. The molecule has 0 saturated carbocycles. The number of benzene rings is 2. The second kappa shape index (κ2) is 12.3. The standard InChI is InChI=1S/C26H36N2O4S/c1-20-3-5-21(6-4-20)19-26(31)12-14-28(15-13-26)16-17-32-23-9-7-22(8-10-23)27-24(25(29)30)11-18-33-2/h3-10,24,27,31H,11-19H2,1-2H3,(H,29,30). The minimum Gasteiger partial charge on any atom is -0.492 e. The minimum absolute atomic E-state index is 0.574. The number of carboxylic acid groups (broad SMARTS) is 1. The Labute approximate surface area is 201 Å². The van der Waals surface area contributed by atoms with Gasteiger partial charge < -0.3 is 20.3 Å². The smallest absolute Gasteiger partial charge is 0.326 e. The molecule has 2 aromatic rings. The second-order valence-corrected chi connectivity index (χ2v) is 9.90. The molecule has 0 bridgehead atoms. The number of likely N-dealkylation sites (tertiary alicyclic amines) is 1. The van der Waals surface area contributed by atoms with Crippen molar-refractivity contribution in [2.45, 2.75) is 44.2 Å². The Morgan fingerprint density at radius 3 is 2.42 bits per heavy atom. The number of carboxylic acids is 1. The maximum atomic E-state index is 11.4. The first-order valence-corrected chi connectivity index (χ1v) is 13.0. The summed E-state index contributed by atoms with van der Waals surface area (Å²) in [5, 5.41) is 23.4. The molecule has 1 atom stereocenters. The van der Waals surface area contributed by atoms with Crippen LogP contribution in [0.15, 0.2) is 48.5 Å². The van der Waals surface area contributed by atoms with E-state index in [1.165, 1.54) is 11.1 Å². The van der Waals surface area contributed by atoms with Crippen molar-refractivity contribution in [2.24, 2.45) is 0 Å². The average molecular weight is 473 g/mol. The highest BCUT2D eigenvalue weighted by Crippen LogP contribution is 2.26. The van der Waals surface area contributed by atoms with Gasteiger partial charge in [-0.1, -0.05) is 29.8 Å². The summed E-state index contributed by atoms with van der Waals surface area (Å²) in [4.78, 5) is 13.7. The Balaban J connectivity index is 1.38. The molecule has 0 amide bonds. The quantitative estimate of drug-likeness (QED) is 0.430. The number of hydrogen-bond donors (Lipinski definition) is 3. The summed E-state index contributed by atoms with van der Waals surface area (Å²) >= 11 is 1.64. The van der Waals surface area contributed by atoms with E-state index in [9.17, 15) is 15.0 Å². The largest absolute Gasteiger partial charge is 0.492 e. The van der Waals surface area contributed by atoms with Gasteiger partial charge in [0.1, 0.15) is 18.4 Å². The molecular formula is C26H36N2O4S. The number of rotatable bonds is 12. The van der Waals surface area contributed by atoms with Crippen LogP contribution in [0.5, 0.6) is 5.75 Å². The Hall–Kier alpha value is -2.22. The van der Waals surface area contributed by atoms with Crippen molar-refractivity contribution in [2.75, 3.05) is 43.6 Å². The SMILES string of the molecule is CSCCC(Nc1ccc(OCCN2CCC(O)(Cc3ccc(C)cc3)CC2)cc1)C(=O)O. The van der Waals surface area contributed by atoms with Gasteiger partial charge in [0.05, 0.1) is 5.60 Å². The maximum Gasteiger partial charge on any atom is 0.326 e. The molecule has 3 rings (SSSR count). The highest BCUT2D eigenvalue weighted by molar-refractivity contribution is 7.98. The number of anilines is 1. The molecule has 7 heteroatoms. The van der Waals surface area contributed by atoms with E-state index in [4.69, 9.17) is 4.74 Å². The van der Waals surface area contributed by atoms with E-state index >= 15 is 0 Å². The van der Waals surface area contributed by atoms with Crippen molar-refractivity contribution < 1.29 is 19.7 Å². The van der Waals surface area contributed by atoms with Gasteiger partial charge in [0.2, 0.25) is 0 Å². The van der Waals surface area contributed by atoms with Gasteiger partial charge >= 0.3 is 5.97 Å². The number of nitrogens with zero attached hydrogens (tertiary/aromatic N) is 1. The molecule has 1 unspecified atom stereocenters. The molecule has 1 aliphatic heterocycles. The maximum absolute atomic E-state index is 11.4. The van der Waals surface area contributed by atoms with Crippen molar-refractivity contribution in [1.82, 2.24) is 4.90 Å². The van der Waals surface area contributed by atoms with Crippen molar-refractivity contribution in [3.8, 4) is 5.75 Å². The number of aryl methyl sites for hydroxylation is 1. The third-order valence-electron chi connectivity index (χ3n) is 6.22. The predicted molar refractivity (Wildman–Crippen MR) is 135 cm³/mol. The number of hydrogen-bond acceptors (Lipinski definition) is 6. The Bertz CT molecular complexity index is 865. The lowest BCUT2D eigenvalue weighted by atomic mass is 9.85. The minimum atomic E-state index is -0.836. The molecule has 33 heavy (non-hydrogen) atoms. The summed E-state index contributed by atoms with van der Waals surface area (Å²) in [6.45, 7) is 5.19. The van der Waals surface area contributed by atoms with Gasteiger partial charge in [0.15, 0.2) is 0 Å². The fourth-order valence-corrected chi connectivity index (χ4v) is 4.56. The van der Waals surface area contributed by atoms with Gasteiger partial charge in [-0.15, -0.1) is 0 Å². The summed E-state index contributed by atoms with van der Waals surface area (Å²) in [5.41, 5.74) is 2.58. The molecular weight excluding hydrogens is 436 g/mol. The van der Waals surface area contributed by atoms with E-state index in [0.717, 1.165) is 49.7 Å². The number of ether oxygens (including phenoxy) is 1. The molecule has 1 aliphatic rings. The number of aliphatic hydroxyl groups is 1. The lowest BCUT2D eigenvalue weighted by Gasteiger charge is -2.38. The van der Waals surface area contributed by atoms with Crippen LogP contribution in [-0.4, -0.2) is 71.0 Å². The van der Waals surface area contributed by atoms with E-state index in [1.807, 2.05) is 30.5 Å². The lowest BCUT2D eigenvalue weighted by Crippen LogP contribution is -2.46. The first-order chi connectivity index (χ1) is 15.9. The van der Waals surface area contributed by atoms with Gasteiger partial charge in [-0.2, -0.15) is 11.8 Å². The molecule has 3 N–H and O–H groups in total. The van der Waals surface area contributed by atoms with Crippen molar-refractivity contribution in [1.29, 1.82) is 0 Å². The van der Waals surface area contributed by atoms with Gasteiger partial charge in [-0.05, 0) is 68.0 Å². The number of piperidine rings is 1. The zero-order chi connectivity index (χ0) is 23.7. The number of thioether (sulfide) groups is 1. The van der Waals surface area contributed by atoms with Crippen LogP contribution in [0.25, 0.3) is 0 Å². The number of nitrogens with one attached hydrogen (secondary N) is 1. The van der Waals surface area contributed by atoms with E-state index in [1.54, 1.807) is 11.8 Å². The molecule has 0 aliphatic carbocycles. The molecule has 0 radical (unpaired) electrons.